The second-order valence-electron chi connectivity index (χ2n) is 5.16. The molecule has 1 aromatic carbocycles. The van der Waals surface area contributed by atoms with E-state index in [0.29, 0.717) is 12.8 Å². The molecule has 1 aliphatic rings. The van der Waals surface area contributed by atoms with Crippen LogP contribution in [0.3, 0.4) is 0 Å². The normalized spacial score (nSPS) is 15.5. The molecule has 1 aromatic rings. The quantitative estimate of drug-likeness (QED) is 0.705. The highest BCUT2D eigenvalue weighted by molar-refractivity contribution is 6.02. The highest BCUT2D eigenvalue weighted by Crippen LogP contribution is 2.37. The summed E-state index contributed by atoms with van der Waals surface area (Å²) in [7, 11) is 0. The number of phenols is 1. The molecule has 0 spiro atoms. The molecule has 0 fully saturated rings. The van der Waals surface area contributed by atoms with Crippen molar-refractivity contribution in [1.29, 1.82) is 0 Å². The minimum atomic E-state index is -0.0439. The molecule has 1 aliphatic carbocycles. The highest BCUT2D eigenvalue weighted by atomic mass is 16.3. The Hall–Kier alpha value is -1.31. The molecule has 0 unspecified atom stereocenters. The topological polar surface area (TPSA) is 37.3 Å². The molecule has 0 bridgehead atoms. The van der Waals surface area contributed by atoms with Crippen molar-refractivity contribution in [2.75, 3.05) is 0 Å². The number of carbonyl (C=O) groups excluding carboxylic acids is 1. The summed E-state index contributed by atoms with van der Waals surface area (Å²) < 4.78 is 0. The maximum absolute atomic E-state index is 11.8. The van der Waals surface area contributed by atoms with Crippen molar-refractivity contribution < 1.29 is 9.90 Å². The van der Waals surface area contributed by atoms with E-state index >= 15 is 0 Å². The van der Waals surface area contributed by atoms with E-state index in [1.807, 2.05) is 6.07 Å². The van der Waals surface area contributed by atoms with Crippen LogP contribution in [0.5, 0.6) is 5.75 Å². The van der Waals surface area contributed by atoms with Crippen LogP contribution < -0.4 is 0 Å². The van der Waals surface area contributed by atoms with Crippen LogP contribution in [0.2, 0.25) is 0 Å². The number of benzene rings is 1. The Kier molecular flexibility index (Phi) is 2.10. The summed E-state index contributed by atoms with van der Waals surface area (Å²) in [5.74, 6) is 0.440. The standard InChI is InChI=1S/C13H16O2/c1-13(2,3)9-5-7-10(14)8-4-6-11(15)12(8)9/h5,7,14H,4,6H2,1-3H3. The molecular weight excluding hydrogens is 188 g/mol. The van der Waals surface area contributed by atoms with Gasteiger partial charge in [0.15, 0.2) is 5.78 Å². The van der Waals surface area contributed by atoms with Crippen molar-refractivity contribution in [1.82, 2.24) is 0 Å². The molecule has 0 aromatic heterocycles. The van der Waals surface area contributed by atoms with Gasteiger partial charge in [-0.15, -0.1) is 0 Å². The summed E-state index contributed by atoms with van der Waals surface area (Å²) in [5.41, 5.74) is 2.62. The minimum Gasteiger partial charge on any atom is -0.508 e. The Labute approximate surface area is 89.9 Å². The lowest BCUT2D eigenvalue weighted by Crippen LogP contribution is -2.15. The Bertz CT molecular complexity index is 425. The summed E-state index contributed by atoms with van der Waals surface area (Å²) in [6.07, 6.45) is 1.22. The van der Waals surface area contributed by atoms with Crippen molar-refractivity contribution in [3.05, 3.63) is 28.8 Å². The Morgan fingerprint density at radius 1 is 1.20 bits per heavy atom. The van der Waals surface area contributed by atoms with Crippen LogP contribution in [-0.2, 0) is 11.8 Å². The predicted octanol–water partition coefficient (Wildman–Crippen LogP) is 2.82. The third-order valence-electron chi connectivity index (χ3n) is 2.98. The Morgan fingerprint density at radius 2 is 1.87 bits per heavy atom. The molecule has 80 valence electrons. The van der Waals surface area contributed by atoms with Gasteiger partial charge in [0, 0.05) is 17.5 Å². The van der Waals surface area contributed by atoms with Crippen molar-refractivity contribution in [3.63, 3.8) is 0 Å². The van der Waals surface area contributed by atoms with Crippen LogP contribution in [0.4, 0.5) is 0 Å². The Balaban J connectivity index is 2.70. The van der Waals surface area contributed by atoms with Crippen LogP contribution >= 0.6 is 0 Å². The fraction of sp³-hybridized carbons (Fsp3) is 0.462. The molecular formula is C13H16O2. The fourth-order valence-corrected chi connectivity index (χ4v) is 2.20. The SMILES string of the molecule is CC(C)(C)c1ccc(O)c2c1C(=O)CC2. The van der Waals surface area contributed by atoms with E-state index < -0.39 is 0 Å². The molecule has 0 radical (unpaired) electrons. The van der Waals surface area contributed by atoms with Crippen LogP contribution in [0.15, 0.2) is 12.1 Å². The van der Waals surface area contributed by atoms with Crippen molar-refractivity contribution >= 4 is 5.78 Å². The van der Waals surface area contributed by atoms with E-state index in [0.717, 1.165) is 16.7 Å². The lowest BCUT2D eigenvalue weighted by Gasteiger charge is -2.22. The van der Waals surface area contributed by atoms with E-state index in [1.54, 1.807) is 6.07 Å². The monoisotopic (exact) mass is 204 g/mol. The van der Waals surface area contributed by atoms with Gasteiger partial charge in [-0.05, 0) is 23.5 Å². The number of fused-ring (bicyclic) bond motifs is 1. The van der Waals surface area contributed by atoms with Crippen molar-refractivity contribution in [2.45, 2.75) is 39.0 Å². The highest BCUT2D eigenvalue weighted by Gasteiger charge is 2.29. The molecule has 2 rings (SSSR count). The number of hydrogen-bond donors (Lipinski definition) is 1. The molecule has 0 amide bonds. The average molecular weight is 204 g/mol. The summed E-state index contributed by atoms with van der Waals surface area (Å²) in [6, 6.07) is 3.58. The van der Waals surface area contributed by atoms with Gasteiger partial charge >= 0.3 is 0 Å². The van der Waals surface area contributed by atoms with Crippen molar-refractivity contribution in [2.24, 2.45) is 0 Å². The van der Waals surface area contributed by atoms with E-state index in [2.05, 4.69) is 20.8 Å². The van der Waals surface area contributed by atoms with Crippen LogP contribution in [0.1, 0.15) is 48.7 Å². The van der Waals surface area contributed by atoms with Gasteiger partial charge in [0.1, 0.15) is 5.75 Å². The summed E-state index contributed by atoms with van der Waals surface area (Å²) in [4.78, 5) is 11.8. The zero-order chi connectivity index (χ0) is 11.2. The van der Waals surface area contributed by atoms with Crippen LogP contribution in [-0.4, -0.2) is 10.9 Å². The second-order valence-corrected chi connectivity index (χ2v) is 5.16. The second kappa shape index (κ2) is 3.09. The average Bonchev–Trinajstić information content (AvgIpc) is 2.48. The zero-order valence-electron chi connectivity index (χ0n) is 9.42. The fourth-order valence-electron chi connectivity index (χ4n) is 2.20. The molecule has 15 heavy (non-hydrogen) atoms. The lowest BCUT2D eigenvalue weighted by molar-refractivity contribution is 0.0992. The minimum absolute atomic E-state index is 0.0439. The maximum Gasteiger partial charge on any atom is 0.163 e. The maximum atomic E-state index is 11.8. The van der Waals surface area contributed by atoms with Gasteiger partial charge in [0.05, 0.1) is 0 Å². The molecule has 2 nitrogen and oxygen atoms in total. The van der Waals surface area contributed by atoms with Gasteiger partial charge in [-0.1, -0.05) is 26.8 Å². The number of phenolic OH excluding ortho intramolecular Hbond substituents is 1. The van der Waals surface area contributed by atoms with Crippen LogP contribution in [0, 0.1) is 0 Å². The molecule has 0 heterocycles. The van der Waals surface area contributed by atoms with Gasteiger partial charge in [-0.25, -0.2) is 0 Å². The number of Topliss-reactive ketones (excluding diaryl/α,β-unsaturated/α-hetero) is 1. The largest absolute Gasteiger partial charge is 0.508 e. The number of hydrogen-bond acceptors (Lipinski definition) is 2. The summed E-state index contributed by atoms with van der Waals surface area (Å²) in [6.45, 7) is 6.27. The molecule has 0 aliphatic heterocycles. The molecule has 0 atom stereocenters. The molecule has 0 saturated carbocycles. The van der Waals surface area contributed by atoms with Crippen LogP contribution in [0.25, 0.3) is 0 Å². The first-order valence-corrected chi connectivity index (χ1v) is 5.30. The summed E-state index contributed by atoms with van der Waals surface area (Å²) >= 11 is 0. The third-order valence-corrected chi connectivity index (χ3v) is 2.98. The van der Waals surface area contributed by atoms with E-state index in [9.17, 15) is 9.90 Å². The predicted molar refractivity (Wildman–Crippen MR) is 59.5 cm³/mol. The first kappa shape index (κ1) is 10.2. The molecule has 1 N–H and O–H groups in total. The van der Waals surface area contributed by atoms with Crippen molar-refractivity contribution in [3.8, 4) is 5.75 Å². The van der Waals surface area contributed by atoms with E-state index in [1.165, 1.54) is 0 Å². The lowest BCUT2D eigenvalue weighted by atomic mass is 9.82. The van der Waals surface area contributed by atoms with E-state index in [4.69, 9.17) is 0 Å². The molecule has 0 saturated heterocycles. The number of rotatable bonds is 0. The number of carbonyl (C=O) groups is 1. The Morgan fingerprint density at radius 3 is 2.47 bits per heavy atom. The third kappa shape index (κ3) is 1.54. The zero-order valence-corrected chi connectivity index (χ0v) is 9.42. The number of ketones is 1. The first-order chi connectivity index (χ1) is 6.91. The van der Waals surface area contributed by atoms with Gasteiger partial charge in [0.2, 0.25) is 0 Å². The van der Waals surface area contributed by atoms with E-state index in [-0.39, 0.29) is 16.9 Å². The smallest absolute Gasteiger partial charge is 0.163 e. The molecule has 2 heteroatoms. The van der Waals surface area contributed by atoms with Gasteiger partial charge in [0.25, 0.3) is 0 Å². The first-order valence-electron chi connectivity index (χ1n) is 5.30. The summed E-state index contributed by atoms with van der Waals surface area (Å²) in [5, 5.41) is 9.69. The van der Waals surface area contributed by atoms with Gasteiger partial charge < -0.3 is 5.11 Å². The van der Waals surface area contributed by atoms with Gasteiger partial charge in [-0.2, -0.15) is 0 Å². The van der Waals surface area contributed by atoms with Gasteiger partial charge in [-0.3, -0.25) is 4.79 Å². The number of aromatic hydroxyl groups is 1.